The molecule has 23 heavy (non-hydrogen) atoms. The van der Waals surface area contributed by atoms with Crippen molar-refractivity contribution in [2.75, 3.05) is 0 Å². The topological polar surface area (TPSA) is 52.6 Å². The maximum Gasteiger partial charge on any atom is 0.573 e. The Kier molecular flexibility index (Phi) is 4.46. The molecule has 124 valence electrons. The SMILES string of the molecule is O=S(=O)(Oc1ccc(F)c(F)c1)c1ccc(OC(F)(F)F)cc1. The molecule has 0 aromatic heterocycles. The summed E-state index contributed by atoms with van der Waals surface area (Å²) >= 11 is 0. The molecule has 0 aliphatic heterocycles. The fraction of sp³-hybridized carbons (Fsp3) is 0.0769. The molecule has 0 heterocycles. The van der Waals surface area contributed by atoms with E-state index in [9.17, 15) is 30.4 Å². The molecule has 0 amide bonds. The first kappa shape index (κ1) is 17.0. The molecule has 2 aromatic rings. The van der Waals surface area contributed by atoms with E-state index in [2.05, 4.69) is 8.92 Å². The molecule has 2 rings (SSSR count). The fourth-order valence-electron chi connectivity index (χ4n) is 1.51. The normalized spacial score (nSPS) is 12.0. The third-order valence-corrected chi connectivity index (χ3v) is 3.70. The molecule has 0 N–H and O–H groups in total. The Balaban J connectivity index is 2.20. The molecule has 10 heteroatoms. The Bertz CT molecular complexity index is 800. The molecule has 0 bridgehead atoms. The van der Waals surface area contributed by atoms with Gasteiger partial charge in [0.25, 0.3) is 0 Å². The van der Waals surface area contributed by atoms with Gasteiger partial charge < -0.3 is 8.92 Å². The van der Waals surface area contributed by atoms with Crippen LogP contribution in [0.4, 0.5) is 22.0 Å². The summed E-state index contributed by atoms with van der Waals surface area (Å²) in [5.41, 5.74) is 0. The van der Waals surface area contributed by atoms with Crippen LogP contribution < -0.4 is 8.92 Å². The molecule has 4 nitrogen and oxygen atoms in total. The van der Waals surface area contributed by atoms with Crippen LogP contribution in [0.25, 0.3) is 0 Å². The van der Waals surface area contributed by atoms with Crippen molar-refractivity contribution in [1.82, 2.24) is 0 Å². The average molecular weight is 354 g/mol. The molecular weight excluding hydrogens is 347 g/mol. The lowest BCUT2D eigenvalue weighted by atomic mass is 10.3. The molecule has 0 saturated carbocycles. The van der Waals surface area contributed by atoms with Crippen LogP contribution in [0.3, 0.4) is 0 Å². The Morgan fingerprint density at radius 2 is 1.39 bits per heavy atom. The molecule has 0 fully saturated rings. The monoisotopic (exact) mass is 354 g/mol. The fourth-order valence-corrected chi connectivity index (χ4v) is 2.43. The maximum atomic E-state index is 13.0. The summed E-state index contributed by atoms with van der Waals surface area (Å²) in [4.78, 5) is -0.489. The lowest BCUT2D eigenvalue weighted by molar-refractivity contribution is -0.274. The predicted molar refractivity (Wildman–Crippen MR) is 67.3 cm³/mol. The summed E-state index contributed by atoms with van der Waals surface area (Å²) in [5, 5.41) is 0. The van der Waals surface area contributed by atoms with Crippen molar-refractivity contribution in [3.05, 3.63) is 54.1 Å². The third-order valence-electron chi connectivity index (χ3n) is 2.44. The maximum absolute atomic E-state index is 13.0. The van der Waals surface area contributed by atoms with Gasteiger partial charge in [-0.3, -0.25) is 0 Å². The van der Waals surface area contributed by atoms with Gasteiger partial charge in [-0.15, -0.1) is 13.2 Å². The van der Waals surface area contributed by atoms with Crippen LogP contribution in [0.15, 0.2) is 47.4 Å². The zero-order valence-corrected chi connectivity index (χ0v) is 11.8. The van der Waals surface area contributed by atoms with E-state index >= 15 is 0 Å². The van der Waals surface area contributed by atoms with Gasteiger partial charge in [-0.05, 0) is 36.4 Å². The van der Waals surface area contributed by atoms with Crippen molar-refractivity contribution >= 4 is 10.1 Å². The van der Waals surface area contributed by atoms with E-state index in [1.165, 1.54) is 0 Å². The van der Waals surface area contributed by atoms with Gasteiger partial charge in [0.1, 0.15) is 16.4 Å². The summed E-state index contributed by atoms with van der Waals surface area (Å²) in [7, 11) is -4.43. The molecule has 0 saturated heterocycles. The number of hydrogen-bond acceptors (Lipinski definition) is 4. The van der Waals surface area contributed by atoms with Crippen LogP contribution >= 0.6 is 0 Å². The van der Waals surface area contributed by atoms with Crippen molar-refractivity contribution in [2.24, 2.45) is 0 Å². The first-order valence-electron chi connectivity index (χ1n) is 5.82. The Morgan fingerprint density at radius 1 is 0.826 bits per heavy atom. The van der Waals surface area contributed by atoms with E-state index in [1.54, 1.807) is 0 Å². The number of alkyl halides is 3. The van der Waals surface area contributed by atoms with E-state index in [4.69, 9.17) is 0 Å². The molecule has 0 aliphatic rings. The highest BCUT2D eigenvalue weighted by Gasteiger charge is 2.31. The number of ether oxygens (including phenoxy) is 1. The largest absolute Gasteiger partial charge is 0.573 e. The third kappa shape index (κ3) is 4.55. The molecule has 2 aromatic carbocycles. The van der Waals surface area contributed by atoms with Crippen molar-refractivity contribution < 1.29 is 39.3 Å². The van der Waals surface area contributed by atoms with Crippen molar-refractivity contribution in [1.29, 1.82) is 0 Å². The minimum Gasteiger partial charge on any atom is -0.406 e. The zero-order valence-electron chi connectivity index (χ0n) is 11.0. The first-order chi connectivity index (χ1) is 10.6. The lowest BCUT2D eigenvalue weighted by Crippen LogP contribution is -2.17. The van der Waals surface area contributed by atoms with Gasteiger partial charge in [-0.2, -0.15) is 8.42 Å². The van der Waals surface area contributed by atoms with Crippen LogP contribution in [0, 0.1) is 11.6 Å². The van der Waals surface area contributed by atoms with Crippen LogP contribution in [0.1, 0.15) is 0 Å². The number of benzene rings is 2. The highest BCUT2D eigenvalue weighted by molar-refractivity contribution is 7.87. The van der Waals surface area contributed by atoms with E-state index in [1.807, 2.05) is 0 Å². The van der Waals surface area contributed by atoms with Gasteiger partial charge in [0.05, 0.1) is 0 Å². The minimum absolute atomic E-state index is 0.487. The Labute approximate surface area is 127 Å². The van der Waals surface area contributed by atoms with Crippen molar-refractivity contribution in [2.45, 2.75) is 11.3 Å². The Morgan fingerprint density at radius 3 is 1.91 bits per heavy atom. The minimum atomic E-state index is -4.91. The Hall–Kier alpha value is -2.36. The zero-order chi connectivity index (χ0) is 17.3. The molecule has 0 atom stereocenters. The summed E-state index contributed by atoms with van der Waals surface area (Å²) < 4.78 is 93.7. The van der Waals surface area contributed by atoms with Gasteiger partial charge in [0.15, 0.2) is 11.6 Å². The van der Waals surface area contributed by atoms with Crippen LogP contribution in [0.2, 0.25) is 0 Å². The van der Waals surface area contributed by atoms with E-state index in [0.717, 1.165) is 30.3 Å². The average Bonchev–Trinajstić information content (AvgIpc) is 2.41. The number of hydrogen-bond donors (Lipinski definition) is 0. The summed E-state index contributed by atoms with van der Waals surface area (Å²) in [6, 6.07) is 5.25. The first-order valence-corrected chi connectivity index (χ1v) is 7.23. The second-order valence-electron chi connectivity index (χ2n) is 4.13. The highest BCUT2D eigenvalue weighted by Crippen LogP contribution is 2.25. The molecule has 0 spiro atoms. The summed E-state index contributed by atoms with van der Waals surface area (Å²) in [6.45, 7) is 0. The predicted octanol–water partition coefficient (Wildman–Crippen LogP) is 3.63. The molecule has 0 aliphatic carbocycles. The standard InChI is InChI=1S/C13H7F5O4S/c14-11-6-3-9(7-12(11)15)22-23(19,20)10-4-1-8(2-5-10)21-13(16,17)18/h1-7H. The van der Waals surface area contributed by atoms with Crippen molar-refractivity contribution in [3.8, 4) is 11.5 Å². The van der Waals surface area contributed by atoms with Crippen LogP contribution in [0.5, 0.6) is 11.5 Å². The summed E-state index contributed by atoms with van der Waals surface area (Å²) in [6.07, 6.45) is -4.91. The lowest BCUT2D eigenvalue weighted by Gasteiger charge is -2.10. The van der Waals surface area contributed by atoms with Gasteiger partial charge in [-0.25, -0.2) is 8.78 Å². The van der Waals surface area contributed by atoms with Gasteiger partial charge in [0.2, 0.25) is 0 Å². The second-order valence-corrected chi connectivity index (χ2v) is 5.68. The highest BCUT2D eigenvalue weighted by atomic mass is 32.2. The van der Waals surface area contributed by atoms with Crippen LogP contribution in [-0.4, -0.2) is 14.8 Å². The van der Waals surface area contributed by atoms with E-state index in [0.29, 0.717) is 12.1 Å². The van der Waals surface area contributed by atoms with Gasteiger partial charge >= 0.3 is 16.5 Å². The smallest absolute Gasteiger partial charge is 0.406 e. The molecular formula is C13H7F5O4S. The van der Waals surface area contributed by atoms with Gasteiger partial charge in [0, 0.05) is 6.07 Å². The van der Waals surface area contributed by atoms with Crippen molar-refractivity contribution in [3.63, 3.8) is 0 Å². The van der Waals surface area contributed by atoms with Crippen LogP contribution in [-0.2, 0) is 10.1 Å². The summed E-state index contributed by atoms with van der Waals surface area (Å²) in [5.74, 6) is -3.61. The molecule has 0 unspecified atom stereocenters. The quantitative estimate of drug-likeness (QED) is 0.622. The number of rotatable bonds is 4. The van der Waals surface area contributed by atoms with E-state index in [-0.39, 0.29) is 0 Å². The molecule has 0 radical (unpaired) electrons. The van der Waals surface area contributed by atoms with E-state index < -0.39 is 44.5 Å². The second kappa shape index (κ2) is 6.03. The number of halogens is 5. The van der Waals surface area contributed by atoms with Gasteiger partial charge in [-0.1, -0.05) is 0 Å².